The zero-order valence-corrected chi connectivity index (χ0v) is 18.8. The summed E-state index contributed by atoms with van der Waals surface area (Å²) >= 11 is 0. The molecule has 0 aliphatic rings. The van der Waals surface area contributed by atoms with E-state index in [4.69, 9.17) is 9.15 Å². The number of imidazole rings is 1. The number of fused-ring (bicyclic) bond motifs is 1. The number of alkyl halides is 3. The number of aliphatic hydroxyl groups excluding tert-OH is 1. The Hall–Kier alpha value is -3.60. The lowest BCUT2D eigenvalue weighted by molar-refractivity contribution is -0.137. The first-order valence-corrected chi connectivity index (χ1v) is 10.6. The summed E-state index contributed by atoms with van der Waals surface area (Å²) in [6, 6.07) is 6.25. The van der Waals surface area contributed by atoms with Gasteiger partial charge < -0.3 is 19.6 Å². The second kappa shape index (κ2) is 9.34. The summed E-state index contributed by atoms with van der Waals surface area (Å²) in [5, 5.41) is 13.2. The van der Waals surface area contributed by atoms with Crippen molar-refractivity contribution in [2.75, 3.05) is 19.0 Å². The van der Waals surface area contributed by atoms with Crippen molar-refractivity contribution in [3.05, 3.63) is 48.4 Å². The van der Waals surface area contributed by atoms with Crippen LogP contribution in [0.3, 0.4) is 0 Å². The SMILES string of the molecule is COc1cc(NC(CO)CC(C)C)nc(-n2cnc(-c3cc4cc(C(F)(F)F)ccc4o3)c2)n1. The van der Waals surface area contributed by atoms with Gasteiger partial charge in [-0.05, 0) is 36.6 Å². The Balaban J connectivity index is 1.63. The van der Waals surface area contributed by atoms with Crippen LogP contribution in [0, 0.1) is 5.92 Å². The molecule has 0 fully saturated rings. The number of nitrogens with one attached hydrogen (secondary N) is 1. The molecule has 1 unspecified atom stereocenters. The maximum absolute atomic E-state index is 13.0. The van der Waals surface area contributed by atoms with Crippen molar-refractivity contribution in [1.82, 2.24) is 19.5 Å². The minimum Gasteiger partial charge on any atom is -0.481 e. The van der Waals surface area contributed by atoms with Crippen LogP contribution in [0.5, 0.6) is 5.88 Å². The number of rotatable bonds is 8. The van der Waals surface area contributed by atoms with Gasteiger partial charge in [0.05, 0.1) is 25.3 Å². The molecule has 1 aromatic carbocycles. The minimum absolute atomic E-state index is 0.0584. The van der Waals surface area contributed by atoms with Crippen molar-refractivity contribution in [3.63, 3.8) is 0 Å². The van der Waals surface area contributed by atoms with Gasteiger partial charge in [-0.15, -0.1) is 0 Å². The second-order valence-corrected chi connectivity index (χ2v) is 8.28. The Labute approximate surface area is 193 Å². The molecule has 180 valence electrons. The van der Waals surface area contributed by atoms with Crippen molar-refractivity contribution >= 4 is 16.8 Å². The highest BCUT2D eigenvalue weighted by atomic mass is 19.4. The van der Waals surface area contributed by atoms with E-state index in [1.807, 2.05) is 0 Å². The lowest BCUT2D eigenvalue weighted by Gasteiger charge is -2.19. The quantitative estimate of drug-likeness (QED) is 0.373. The Morgan fingerprint density at radius 1 is 1.18 bits per heavy atom. The number of hydrogen-bond donors (Lipinski definition) is 2. The van der Waals surface area contributed by atoms with Crippen molar-refractivity contribution < 1.29 is 27.4 Å². The Morgan fingerprint density at radius 2 is 1.97 bits per heavy atom. The van der Waals surface area contributed by atoms with Crippen LogP contribution in [-0.2, 0) is 6.18 Å². The van der Waals surface area contributed by atoms with E-state index in [9.17, 15) is 18.3 Å². The molecule has 4 rings (SSSR count). The van der Waals surface area contributed by atoms with Gasteiger partial charge in [-0.1, -0.05) is 13.8 Å². The highest BCUT2D eigenvalue weighted by Crippen LogP contribution is 2.34. The standard InChI is InChI=1S/C23H24F3N5O3/c1-13(2)6-16(11-32)28-20-9-21(33-3)30-22(29-20)31-10-17(27-12-31)19-8-14-7-15(23(24,25)26)4-5-18(14)34-19/h4-5,7-10,12-13,16,32H,6,11H2,1-3H3,(H,28,29,30). The van der Waals surface area contributed by atoms with Crippen LogP contribution in [0.4, 0.5) is 19.0 Å². The zero-order chi connectivity index (χ0) is 24.5. The van der Waals surface area contributed by atoms with Gasteiger partial charge in [-0.25, -0.2) is 4.98 Å². The van der Waals surface area contributed by atoms with Gasteiger partial charge in [0, 0.05) is 17.6 Å². The molecule has 0 aliphatic heterocycles. The van der Waals surface area contributed by atoms with Crippen LogP contribution in [-0.4, -0.2) is 44.4 Å². The highest BCUT2D eigenvalue weighted by molar-refractivity contribution is 5.83. The first kappa shape index (κ1) is 23.6. The van der Waals surface area contributed by atoms with Crippen LogP contribution < -0.4 is 10.1 Å². The maximum Gasteiger partial charge on any atom is 0.416 e. The summed E-state index contributed by atoms with van der Waals surface area (Å²) in [6.07, 6.45) is -0.610. The Bertz CT molecular complexity index is 1280. The number of benzene rings is 1. The number of furan rings is 1. The maximum atomic E-state index is 13.0. The molecule has 0 radical (unpaired) electrons. The topological polar surface area (TPSA) is 98.2 Å². The summed E-state index contributed by atoms with van der Waals surface area (Å²) in [6.45, 7) is 4.06. The van der Waals surface area contributed by atoms with Gasteiger partial charge in [0.15, 0.2) is 5.76 Å². The summed E-state index contributed by atoms with van der Waals surface area (Å²) in [4.78, 5) is 13.1. The summed E-state index contributed by atoms with van der Waals surface area (Å²) in [5.41, 5.74) is -0.0260. The average Bonchev–Trinajstić information content (AvgIpc) is 3.44. The fourth-order valence-corrected chi connectivity index (χ4v) is 3.57. The molecule has 8 nitrogen and oxygen atoms in total. The number of nitrogens with zero attached hydrogens (tertiary/aromatic N) is 4. The third-order valence-corrected chi connectivity index (χ3v) is 5.14. The number of halogens is 3. The first-order chi connectivity index (χ1) is 16.2. The van der Waals surface area contributed by atoms with Gasteiger partial charge in [-0.3, -0.25) is 4.57 Å². The molecule has 0 amide bonds. The van der Waals surface area contributed by atoms with E-state index < -0.39 is 11.7 Å². The molecule has 0 aliphatic carbocycles. The molecule has 11 heteroatoms. The van der Waals surface area contributed by atoms with E-state index in [2.05, 4.69) is 34.1 Å². The van der Waals surface area contributed by atoms with Gasteiger partial charge in [0.25, 0.3) is 0 Å². The summed E-state index contributed by atoms with van der Waals surface area (Å²) in [5.74, 6) is 1.73. The molecule has 0 spiro atoms. The van der Waals surface area contributed by atoms with Crippen molar-refractivity contribution in [3.8, 4) is 23.3 Å². The largest absolute Gasteiger partial charge is 0.481 e. The smallest absolute Gasteiger partial charge is 0.416 e. The van der Waals surface area contributed by atoms with E-state index in [1.54, 1.807) is 16.8 Å². The second-order valence-electron chi connectivity index (χ2n) is 8.28. The fourth-order valence-electron chi connectivity index (χ4n) is 3.57. The number of ether oxygens (including phenoxy) is 1. The average molecular weight is 475 g/mol. The lowest BCUT2D eigenvalue weighted by atomic mass is 10.0. The van der Waals surface area contributed by atoms with Crippen LogP contribution in [0.25, 0.3) is 28.4 Å². The molecule has 0 bridgehead atoms. The molecule has 3 heterocycles. The number of anilines is 1. The molecule has 3 aromatic heterocycles. The van der Waals surface area contributed by atoms with Gasteiger partial charge in [0.2, 0.25) is 11.8 Å². The first-order valence-electron chi connectivity index (χ1n) is 10.6. The molecule has 0 saturated carbocycles. The third kappa shape index (κ3) is 5.14. The molecule has 34 heavy (non-hydrogen) atoms. The monoisotopic (exact) mass is 475 g/mol. The highest BCUT2D eigenvalue weighted by Gasteiger charge is 2.30. The van der Waals surface area contributed by atoms with Gasteiger partial charge >= 0.3 is 6.18 Å². The fraction of sp³-hybridized carbons (Fsp3) is 0.348. The van der Waals surface area contributed by atoms with E-state index >= 15 is 0 Å². The van der Waals surface area contributed by atoms with Crippen LogP contribution in [0.15, 0.2) is 47.3 Å². The normalized spacial score (nSPS) is 12.9. The van der Waals surface area contributed by atoms with Crippen molar-refractivity contribution in [2.24, 2.45) is 5.92 Å². The molecular weight excluding hydrogens is 451 g/mol. The Kier molecular flexibility index (Phi) is 6.47. The predicted octanol–water partition coefficient (Wildman–Crippen LogP) is 4.92. The molecule has 0 saturated heterocycles. The van der Waals surface area contributed by atoms with Crippen LogP contribution >= 0.6 is 0 Å². The number of hydrogen-bond acceptors (Lipinski definition) is 7. The molecule has 4 aromatic rings. The van der Waals surface area contributed by atoms with E-state index in [0.29, 0.717) is 40.0 Å². The number of methoxy groups -OCH3 is 1. The third-order valence-electron chi connectivity index (χ3n) is 5.14. The molecular formula is C23H24F3N5O3. The Morgan fingerprint density at radius 3 is 2.65 bits per heavy atom. The van der Waals surface area contributed by atoms with E-state index in [1.165, 1.54) is 25.6 Å². The minimum atomic E-state index is -4.44. The van der Waals surface area contributed by atoms with Gasteiger partial charge in [-0.2, -0.15) is 23.1 Å². The van der Waals surface area contributed by atoms with Crippen molar-refractivity contribution in [2.45, 2.75) is 32.5 Å². The summed E-state index contributed by atoms with van der Waals surface area (Å²) < 4.78 is 51.5. The van der Waals surface area contributed by atoms with Gasteiger partial charge in [0.1, 0.15) is 23.4 Å². The number of aromatic nitrogens is 4. The van der Waals surface area contributed by atoms with Crippen molar-refractivity contribution in [1.29, 1.82) is 0 Å². The van der Waals surface area contributed by atoms with Crippen LogP contribution in [0.1, 0.15) is 25.8 Å². The molecule has 2 N–H and O–H groups in total. The predicted molar refractivity (Wildman–Crippen MR) is 120 cm³/mol. The van der Waals surface area contributed by atoms with E-state index in [0.717, 1.165) is 18.6 Å². The lowest BCUT2D eigenvalue weighted by Crippen LogP contribution is -2.26. The molecule has 1 atom stereocenters. The zero-order valence-electron chi connectivity index (χ0n) is 18.8. The summed E-state index contributed by atoms with van der Waals surface area (Å²) in [7, 11) is 1.48. The van der Waals surface area contributed by atoms with E-state index in [-0.39, 0.29) is 18.6 Å². The van der Waals surface area contributed by atoms with Crippen LogP contribution in [0.2, 0.25) is 0 Å². The number of aliphatic hydroxyl groups is 1.